The first kappa shape index (κ1) is 22.5. The summed E-state index contributed by atoms with van der Waals surface area (Å²) in [6.07, 6.45) is 2.01. The Hall–Kier alpha value is -2.18. The minimum absolute atomic E-state index is 0.132. The van der Waals surface area contributed by atoms with E-state index in [4.69, 9.17) is 0 Å². The first-order valence-corrected chi connectivity index (χ1v) is 12.2. The van der Waals surface area contributed by atoms with Crippen LogP contribution in [0.4, 0.5) is 0 Å². The summed E-state index contributed by atoms with van der Waals surface area (Å²) in [5.74, 6) is 0.00719. The Morgan fingerprint density at radius 3 is 2.23 bits per heavy atom. The Morgan fingerprint density at radius 1 is 1.07 bits per heavy atom. The number of piperidine rings is 1. The van der Waals surface area contributed by atoms with E-state index in [9.17, 15) is 13.2 Å². The lowest BCUT2D eigenvalue weighted by molar-refractivity contribution is -0.139. The van der Waals surface area contributed by atoms with Crippen LogP contribution in [-0.4, -0.2) is 42.7 Å². The Labute approximate surface area is 180 Å². The van der Waals surface area contributed by atoms with Gasteiger partial charge in [-0.15, -0.1) is 0 Å². The van der Waals surface area contributed by atoms with Crippen molar-refractivity contribution in [3.63, 3.8) is 0 Å². The molecule has 1 aliphatic rings. The lowest BCUT2D eigenvalue weighted by Gasteiger charge is -2.36. The number of hydrogen-bond acceptors (Lipinski definition) is 3. The molecule has 1 heterocycles. The molecule has 30 heavy (non-hydrogen) atoms. The molecule has 2 aromatic carbocycles. The van der Waals surface area contributed by atoms with Crippen LogP contribution in [0.5, 0.6) is 0 Å². The Balaban J connectivity index is 1.67. The highest BCUT2D eigenvalue weighted by atomic mass is 32.2. The molecule has 1 fully saturated rings. The maximum atomic E-state index is 13.3. The van der Waals surface area contributed by atoms with Crippen molar-refractivity contribution in [3.8, 4) is 0 Å². The van der Waals surface area contributed by atoms with Gasteiger partial charge in [-0.3, -0.25) is 4.79 Å². The Kier molecular flexibility index (Phi) is 7.32. The second-order valence-electron chi connectivity index (χ2n) is 8.20. The molecule has 0 N–H and O–H groups in total. The van der Waals surface area contributed by atoms with E-state index in [-0.39, 0.29) is 17.9 Å². The molecule has 0 aromatic heterocycles. The first-order valence-electron chi connectivity index (χ1n) is 10.7. The van der Waals surface area contributed by atoms with Gasteiger partial charge in [0.05, 0.1) is 4.90 Å². The van der Waals surface area contributed by atoms with Crippen LogP contribution in [0.15, 0.2) is 59.5 Å². The second kappa shape index (κ2) is 9.75. The molecular weight excluding hydrogens is 396 g/mol. The highest BCUT2D eigenvalue weighted by Gasteiger charge is 2.34. The number of amides is 1. The van der Waals surface area contributed by atoms with Crippen LogP contribution < -0.4 is 0 Å². The number of benzene rings is 2. The van der Waals surface area contributed by atoms with Gasteiger partial charge < -0.3 is 4.90 Å². The molecule has 3 rings (SSSR count). The molecule has 0 aliphatic carbocycles. The van der Waals surface area contributed by atoms with Gasteiger partial charge in [0.15, 0.2) is 0 Å². The third kappa shape index (κ3) is 5.10. The molecular formula is C24H32N2O3S. The van der Waals surface area contributed by atoms with E-state index in [1.807, 2.05) is 54.3 Å². The second-order valence-corrected chi connectivity index (χ2v) is 10.1. The largest absolute Gasteiger partial charge is 0.335 e. The van der Waals surface area contributed by atoms with Crippen LogP contribution in [0.2, 0.25) is 0 Å². The van der Waals surface area contributed by atoms with Gasteiger partial charge in [0.2, 0.25) is 15.9 Å². The average molecular weight is 429 g/mol. The minimum Gasteiger partial charge on any atom is -0.335 e. The van der Waals surface area contributed by atoms with Crippen LogP contribution in [0.1, 0.15) is 44.2 Å². The van der Waals surface area contributed by atoms with Crippen LogP contribution >= 0.6 is 0 Å². The van der Waals surface area contributed by atoms with Gasteiger partial charge in [-0.05, 0) is 50.8 Å². The lowest BCUT2D eigenvalue weighted by atomic mass is 9.95. The fraction of sp³-hybridized carbons (Fsp3) is 0.458. The van der Waals surface area contributed by atoms with Crippen molar-refractivity contribution in [2.75, 3.05) is 13.1 Å². The average Bonchev–Trinajstić information content (AvgIpc) is 2.77. The third-order valence-electron chi connectivity index (χ3n) is 6.06. The lowest BCUT2D eigenvalue weighted by Crippen LogP contribution is -2.46. The molecule has 1 aliphatic heterocycles. The smallest absolute Gasteiger partial charge is 0.243 e. The van der Waals surface area contributed by atoms with Crippen LogP contribution in [-0.2, 0) is 21.4 Å². The Bertz CT molecular complexity index is 934. The number of rotatable bonds is 7. The van der Waals surface area contributed by atoms with E-state index >= 15 is 0 Å². The number of sulfonamides is 1. The van der Waals surface area contributed by atoms with E-state index in [2.05, 4.69) is 13.8 Å². The van der Waals surface area contributed by atoms with Crippen molar-refractivity contribution in [1.29, 1.82) is 0 Å². The van der Waals surface area contributed by atoms with E-state index in [0.29, 0.717) is 37.4 Å². The summed E-state index contributed by atoms with van der Waals surface area (Å²) in [4.78, 5) is 15.6. The van der Waals surface area contributed by atoms with Gasteiger partial charge >= 0.3 is 0 Å². The summed E-state index contributed by atoms with van der Waals surface area (Å²) >= 11 is 0. The summed E-state index contributed by atoms with van der Waals surface area (Å²) in [6, 6.07) is 17.1. The molecule has 0 unspecified atom stereocenters. The van der Waals surface area contributed by atoms with Crippen LogP contribution in [0.3, 0.4) is 0 Å². The fourth-order valence-corrected chi connectivity index (χ4v) is 5.36. The number of nitrogens with zero attached hydrogens (tertiary/aromatic N) is 2. The SMILES string of the molecule is CC[C@@H](C)N(Cc1ccccc1)C(=O)C1CCN(S(=O)(=O)c2ccc(C)cc2)CC1. The van der Waals surface area contributed by atoms with Crippen LogP contribution in [0, 0.1) is 12.8 Å². The van der Waals surface area contributed by atoms with Gasteiger partial charge in [-0.1, -0.05) is 55.0 Å². The Morgan fingerprint density at radius 2 is 1.67 bits per heavy atom. The molecule has 0 bridgehead atoms. The predicted octanol–water partition coefficient (Wildman–Crippen LogP) is 4.22. The predicted molar refractivity (Wildman–Crippen MR) is 119 cm³/mol. The van der Waals surface area contributed by atoms with Gasteiger partial charge in [0.25, 0.3) is 0 Å². The normalized spacial score (nSPS) is 16.9. The summed E-state index contributed by atoms with van der Waals surface area (Å²) < 4.78 is 27.4. The standard InChI is InChI=1S/C24H32N2O3S/c1-4-20(3)26(18-21-8-6-5-7-9-21)24(27)22-14-16-25(17-15-22)30(28,29)23-12-10-19(2)11-13-23/h5-13,20,22H,4,14-18H2,1-3H3/t20-/m1/s1. The molecule has 0 spiro atoms. The van der Waals surface area contributed by atoms with E-state index in [1.165, 1.54) is 4.31 Å². The number of carbonyl (C=O) groups is 1. The zero-order valence-electron chi connectivity index (χ0n) is 18.1. The van der Waals surface area contributed by atoms with Crippen molar-refractivity contribution in [2.24, 2.45) is 5.92 Å². The highest BCUT2D eigenvalue weighted by Crippen LogP contribution is 2.27. The number of hydrogen-bond donors (Lipinski definition) is 0. The summed E-state index contributed by atoms with van der Waals surface area (Å²) in [7, 11) is -3.51. The molecule has 0 radical (unpaired) electrons. The van der Waals surface area contributed by atoms with Gasteiger partial charge in [0, 0.05) is 31.6 Å². The summed E-state index contributed by atoms with van der Waals surface area (Å²) in [5.41, 5.74) is 2.15. The number of carbonyl (C=O) groups excluding carboxylic acids is 1. The van der Waals surface area contributed by atoms with Crippen LogP contribution in [0.25, 0.3) is 0 Å². The number of aryl methyl sites for hydroxylation is 1. The maximum absolute atomic E-state index is 13.3. The topological polar surface area (TPSA) is 57.7 Å². The molecule has 5 nitrogen and oxygen atoms in total. The quantitative estimate of drug-likeness (QED) is 0.663. The molecule has 1 atom stereocenters. The van der Waals surface area contributed by atoms with Crippen molar-refractivity contribution in [1.82, 2.24) is 9.21 Å². The van der Waals surface area contributed by atoms with Gasteiger partial charge in [-0.25, -0.2) is 8.42 Å². The van der Waals surface area contributed by atoms with Gasteiger partial charge in [-0.2, -0.15) is 4.31 Å². The highest BCUT2D eigenvalue weighted by molar-refractivity contribution is 7.89. The first-order chi connectivity index (χ1) is 14.3. The van der Waals surface area contributed by atoms with Crippen molar-refractivity contribution < 1.29 is 13.2 Å². The molecule has 0 saturated carbocycles. The van der Waals surface area contributed by atoms with Gasteiger partial charge in [0.1, 0.15) is 0 Å². The maximum Gasteiger partial charge on any atom is 0.243 e. The third-order valence-corrected chi connectivity index (χ3v) is 7.98. The molecule has 1 amide bonds. The molecule has 2 aromatic rings. The van der Waals surface area contributed by atoms with E-state index < -0.39 is 10.0 Å². The molecule has 162 valence electrons. The van der Waals surface area contributed by atoms with Crippen molar-refractivity contribution in [2.45, 2.75) is 57.5 Å². The minimum atomic E-state index is -3.51. The summed E-state index contributed by atoms with van der Waals surface area (Å²) in [5, 5.41) is 0. The van der Waals surface area contributed by atoms with Crippen molar-refractivity contribution in [3.05, 3.63) is 65.7 Å². The van der Waals surface area contributed by atoms with E-state index in [1.54, 1.807) is 12.1 Å². The molecule has 6 heteroatoms. The van der Waals surface area contributed by atoms with E-state index in [0.717, 1.165) is 17.5 Å². The van der Waals surface area contributed by atoms with Crippen molar-refractivity contribution >= 4 is 15.9 Å². The molecule has 1 saturated heterocycles. The fourth-order valence-electron chi connectivity index (χ4n) is 3.89. The summed E-state index contributed by atoms with van der Waals surface area (Å²) in [6.45, 7) is 7.46. The zero-order valence-corrected chi connectivity index (χ0v) is 18.9. The zero-order chi connectivity index (χ0) is 21.7. The monoisotopic (exact) mass is 428 g/mol.